The molecule has 0 spiro atoms. The number of allylic oxidation sites excluding steroid dienone is 7. The molecule has 0 amide bonds. The summed E-state index contributed by atoms with van der Waals surface area (Å²) in [5, 5.41) is 9.71. The van der Waals surface area contributed by atoms with Gasteiger partial charge in [-0.05, 0) is 60.7 Å². The second-order valence-corrected chi connectivity index (χ2v) is 9.01. The van der Waals surface area contributed by atoms with Crippen molar-refractivity contribution in [2.75, 3.05) is 6.61 Å². The lowest BCUT2D eigenvalue weighted by molar-refractivity contribution is -0.118. The molecule has 1 aliphatic carbocycles. The molecular weight excluding hydrogens is 360 g/mol. The van der Waals surface area contributed by atoms with Gasteiger partial charge in [0.2, 0.25) is 0 Å². The SMILES string of the molecule is C=CC\C(=C(C(C)=O)/C(C(=C/CC)/CCO)=C1\C(=C)CC(C)(C)CC1=O)C(C)C. The second-order valence-electron chi connectivity index (χ2n) is 9.01. The zero-order chi connectivity index (χ0) is 22.4. The minimum Gasteiger partial charge on any atom is -0.396 e. The largest absolute Gasteiger partial charge is 0.396 e. The third-order valence-corrected chi connectivity index (χ3v) is 5.35. The van der Waals surface area contributed by atoms with Crippen molar-refractivity contribution >= 4 is 11.6 Å². The third kappa shape index (κ3) is 6.24. The van der Waals surface area contributed by atoms with Crippen LogP contribution in [-0.4, -0.2) is 23.3 Å². The Labute approximate surface area is 177 Å². The van der Waals surface area contributed by atoms with Gasteiger partial charge in [-0.25, -0.2) is 0 Å². The molecule has 0 aromatic rings. The van der Waals surface area contributed by atoms with Gasteiger partial charge in [-0.15, -0.1) is 6.58 Å². The average molecular weight is 399 g/mol. The molecule has 1 fully saturated rings. The summed E-state index contributed by atoms with van der Waals surface area (Å²) in [4.78, 5) is 26.2. The van der Waals surface area contributed by atoms with E-state index in [0.29, 0.717) is 42.4 Å². The summed E-state index contributed by atoms with van der Waals surface area (Å²) in [7, 11) is 0. The van der Waals surface area contributed by atoms with Crippen molar-refractivity contribution in [3.8, 4) is 0 Å². The second kappa shape index (κ2) is 10.7. The predicted octanol–water partition coefficient (Wildman–Crippen LogP) is 6.06. The van der Waals surface area contributed by atoms with E-state index in [0.717, 1.165) is 23.1 Å². The van der Waals surface area contributed by atoms with E-state index in [4.69, 9.17) is 0 Å². The molecule has 0 saturated heterocycles. The Bertz CT molecular complexity index is 748. The number of Topliss-reactive ketones (excluding diaryl/α,β-unsaturated/α-hetero) is 2. The molecule has 0 radical (unpaired) electrons. The lowest BCUT2D eigenvalue weighted by atomic mass is 9.69. The topological polar surface area (TPSA) is 54.4 Å². The van der Waals surface area contributed by atoms with E-state index in [2.05, 4.69) is 40.9 Å². The van der Waals surface area contributed by atoms with Crippen LogP contribution in [0.3, 0.4) is 0 Å². The molecule has 0 aromatic carbocycles. The van der Waals surface area contributed by atoms with Gasteiger partial charge in [-0.2, -0.15) is 0 Å². The lowest BCUT2D eigenvalue weighted by Crippen LogP contribution is -2.28. The van der Waals surface area contributed by atoms with Crippen LogP contribution in [-0.2, 0) is 9.59 Å². The number of aliphatic hydroxyl groups excluding tert-OH is 1. The normalized spacial score (nSPS) is 19.9. The van der Waals surface area contributed by atoms with Gasteiger partial charge in [0.15, 0.2) is 11.6 Å². The van der Waals surface area contributed by atoms with Crippen LogP contribution in [0.4, 0.5) is 0 Å². The van der Waals surface area contributed by atoms with E-state index < -0.39 is 0 Å². The highest BCUT2D eigenvalue weighted by Crippen LogP contribution is 2.43. The first-order valence-electron chi connectivity index (χ1n) is 10.6. The number of aliphatic hydroxyl groups is 1. The molecule has 3 nitrogen and oxygen atoms in total. The summed E-state index contributed by atoms with van der Waals surface area (Å²) in [5.74, 6) is 0.0907. The monoisotopic (exact) mass is 398 g/mol. The standard InChI is InChI=1S/C26H38O3/c1-9-11-20(13-14-27)25(23-18(5)15-26(7,8)16-22(23)29)24(19(6)28)21(12-10-2)17(3)4/h10-11,17,27H,2,5,9,12-16H2,1,3-4,6-8H3/b20-11+,24-21+,25-23+. The van der Waals surface area contributed by atoms with Gasteiger partial charge in [-0.3, -0.25) is 9.59 Å². The zero-order valence-corrected chi connectivity index (χ0v) is 19.2. The van der Waals surface area contributed by atoms with E-state index in [1.54, 1.807) is 13.0 Å². The molecule has 0 atom stereocenters. The van der Waals surface area contributed by atoms with E-state index >= 15 is 0 Å². The smallest absolute Gasteiger partial charge is 0.164 e. The van der Waals surface area contributed by atoms with Crippen molar-refractivity contribution in [3.05, 3.63) is 58.7 Å². The van der Waals surface area contributed by atoms with Crippen LogP contribution < -0.4 is 0 Å². The number of carbonyl (C=O) groups excluding carboxylic acids is 2. The predicted molar refractivity (Wildman–Crippen MR) is 122 cm³/mol. The number of hydrogen-bond donors (Lipinski definition) is 1. The van der Waals surface area contributed by atoms with Gasteiger partial charge >= 0.3 is 0 Å². The van der Waals surface area contributed by atoms with Crippen molar-refractivity contribution in [1.29, 1.82) is 0 Å². The van der Waals surface area contributed by atoms with E-state index in [9.17, 15) is 14.7 Å². The Hall–Kier alpha value is -2.00. The van der Waals surface area contributed by atoms with Crippen LogP contribution in [0.25, 0.3) is 0 Å². The Balaban J connectivity index is 4.04. The highest BCUT2D eigenvalue weighted by molar-refractivity contribution is 6.08. The molecule has 0 aromatic heterocycles. The first kappa shape index (κ1) is 25.0. The molecule has 29 heavy (non-hydrogen) atoms. The number of ketones is 2. The Kier molecular flexibility index (Phi) is 9.22. The summed E-state index contributed by atoms with van der Waals surface area (Å²) in [6.07, 6.45) is 6.68. The zero-order valence-electron chi connectivity index (χ0n) is 19.2. The minimum absolute atomic E-state index is 0.0293. The third-order valence-electron chi connectivity index (χ3n) is 5.35. The van der Waals surface area contributed by atoms with Crippen LogP contribution in [0.15, 0.2) is 58.7 Å². The Morgan fingerprint density at radius 3 is 2.31 bits per heavy atom. The molecule has 0 heterocycles. The van der Waals surface area contributed by atoms with Crippen LogP contribution in [0.2, 0.25) is 0 Å². The molecule has 0 bridgehead atoms. The molecule has 1 rings (SSSR count). The van der Waals surface area contributed by atoms with E-state index in [1.807, 2.05) is 13.0 Å². The van der Waals surface area contributed by atoms with Gasteiger partial charge in [0.25, 0.3) is 0 Å². The first-order chi connectivity index (χ1) is 13.5. The minimum atomic E-state index is -0.142. The Morgan fingerprint density at radius 2 is 1.90 bits per heavy atom. The summed E-state index contributed by atoms with van der Waals surface area (Å²) >= 11 is 0. The maximum atomic E-state index is 13.3. The van der Waals surface area contributed by atoms with Crippen molar-refractivity contribution in [1.82, 2.24) is 0 Å². The van der Waals surface area contributed by atoms with Crippen molar-refractivity contribution < 1.29 is 14.7 Å². The van der Waals surface area contributed by atoms with Crippen LogP contribution in [0, 0.1) is 11.3 Å². The van der Waals surface area contributed by atoms with Gasteiger partial charge < -0.3 is 5.11 Å². The van der Waals surface area contributed by atoms with E-state index in [1.165, 1.54) is 0 Å². The Morgan fingerprint density at radius 1 is 1.28 bits per heavy atom. The first-order valence-corrected chi connectivity index (χ1v) is 10.6. The number of rotatable bonds is 9. The fraction of sp³-hybridized carbons (Fsp3) is 0.538. The molecule has 1 N–H and O–H groups in total. The van der Waals surface area contributed by atoms with Crippen molar-refractivity contribution in [2.45, 2.75) is 73.6 Å². The summed E-state index contributed by atoms with van der Waals surface area (Å²) in [6, 6.07) is 0. The van der Waals surface area contributed by atoms with Gasteiger partial charge in [0.05, 0.1) is 0 Å². The lowest BCUT2D eigenvalue weighted by Gasteiger charge is -2.34. The van der Waals surface area contributed by atoms with Gasteiger partial charge in [0, 0.05) is 24.2 Å². The number of carbonyl (C=O) groups is 2. The van der Waals surface area contributed by atoms with Crippen LogP contribution >= 0.6 is 0 Å². The summed E-state index contributed by atoms with van der Waals surface area (Å²) in [5.41, 5.74) is 4.32. The maximum absolute atomic E-state index is 13.3. The molecule has 1 saturated carbocycles. The fourth-order valence-electron chi connectivity index (χ4n) is 4.25. The highest BCUT2D eigenvalue weighted by atomic mass is 16.3. The van der Waals surface area contributed by atoms with Crippen LogP contribution in [0.1, 0.15) is 73.6 Å². The summed E-state index contributed by atoms with van der Waals surface area (Å²) < 4.78 is 0. The number of hydrogen-bond acceptors (Lipinski definition) is 3. The highest BCUT2D eigenvalue weighted by Gasteiger charge is 2.36. The van der Waals surface area contributed by atoms with Gasteiger partial charge in [-0.1, -0.05) is 58.9 Å². The summed E-state index contributed by atoms with van der Waals surface area (Å²) in [6.45, 7) is 19.9. The molecule has 0 unspecified atom stereocenters. The van der Waals surface area contributed by atoms with Crippen molar-refractivity contribution in [3.63, 3.8) is 0 Å². The van der Waals surface area contributed by atoms with E-state index in [-0.39, 0.29) is 29.5 Å². The molecule has 0 aliphatic heterocycles. The quantitative estimate of drug-likeness (QED) is 0.379. The molecular formula is C26H38O3. The van der Waals surface area contributed by atoms with Gasteiger partial charge in [0.1, 0.15) is 0 Å². The molecule has 1 aliphatic rings. The maximum Gasteiger partial charge on any atom is 0.164 e. The van der Waals surface area contributed by atoms with Crippen molar-refractivity contribution in [2.24, 2.45) is 11.3 Å². The van der Waals surface area contributed by atoms with Crippen LogP contribution in [0.5, 0.6) is 0 Å². The molecule has 160 valence electrons. The average Bonchev–Trinajstić information content (AvgIpc) is 2.57. The molecule has 3 heteroatoms. The fourth-order valence-corrected chi connectivity index (χ4v) is 4.25.